The van der Waals surface area contributed by atoms with Gasteiger partial charge in [-0.15, -0.1) is 11.3 Å². The van der Waals surface area contributed by atoms with Gasteiger partial charge in [0.1, 0.15) is 10.4 Å². The van der Waals surface area contributed by atoms with E-state index in [9.17, 15) is 4.79 Å². The van der Waals surface area contributed by atoms with Crippen LogP contribution >= 0.6 is 11.3 Å². The minimum atomic E-state index is -0.237. The molecular weight excluding hydrogens is 276 g/mol. The molecule has 3 aromatic rings. The van der Waals surface area contributed by atoms with Crippen LogP contribution in [0.5, 0.6) is 0 Å². The van der Waals surface area contributed by atoms with Crippen molar-refractivity contribution in [1.29, 1.82) is 0 Å². The summed E-state index contributed by atoms with van der Waals surface area (Å²) >= 11 is 1.33. The van der Waals surface area contributed by atoms with Gasteiger partial charge in [-0.05, 0) is 19.1 Å². The van der Waals surface area contributed by atoms with Crippen molar-refractivity contribution in [3.8, 4) is 0 Å². The van der Waals surface area contributed by atoms with Crippen LogP contribution in [-0.2, 0) is 6.54 Å². The molecule has 102 valence electrons. The summed E-state index contributed by atoms with van der Waals surface area (Å²) in [5.41, 5.74) is 7.82. The van der Waals surface area contributed by atoms with Crippen molar-refractivity contribution in [3.05, 3.63) is 40.7 Å². The van der Waals surface area contributed by atoms with E-state index < -0.39 is 0 Å². The minimum absolute atomic E-state index is 0.237. The normalized spacial score (nSPS) is 10.8. The Morgan fingerprint density at radius 2 is 2.40 bits per heavy atom. The molecule has 0 aliphatic rings. The molecule has 0 aromatic carbocycles. The van der Waals surface area contributed by atoms with Crippen LogP contribution in [0.2, 0.25) is 0 Å². The standard InChI is InChI=1S/C13H12N4O2S/c1-7-5-8(19-17-7)6-16-13(18)12-10(14)11-9(20-12)3-2-4-15-11/h2-5H,6,14H2,1H3,(H,16,18). The highest BCUT2D eigenvalue weighted by molar-refractivity contribution is 7.21. The van der Waals surface area contributed by atoms with Crippen LogP contribution < -0.4 is 11.1 Å². The summed E-state index contributed by atoms with van der Waals surface area (Å²) in [6.45, 7) is 2.10. The van der Waals surface area contributed by atoms with E-state index in [2.05, 4.69) is 15.5 Å². The number of hydrogen-bond acceptors (Lipinski definition) is 6. The topological polar surface area (TPSA) is 94.0 Å². The Hall–Kier alpha value is -2.41. The average molecular weight is 288 g/mol. The Labute approximate surface area is 118 Å². The van der Waals surface area contributed by atoms with Crippen LogP contribution in [0.25, 0.3) is 10.2 Å². The monoisotopic (exact) mass is 288 g/mol. The summed E-state index contributed by atoms with van der Waals surface area (Å²) < 4.78 is 5.93. The molecule has 0 spiro atoms. The molecule has 0 aliphatic heterocycles. The van der Waals surface area contributed by atoms with Crippen LogP contribution in [0, 0.1) is 6.92 Å². The third-order valence-corrected chi connectivity index (χ3v) is 3.95. The van der Waals surface area contributed by atoms with Crippen molar-refractivity contribution in [1.82, 2.24) is 15.5 Å². The van der Waals surface area contributed by atoms with E-state index in [4.69, 9.17) is 10.3 Å². The van der Waals surface area contributed by atoms with Gasteiger partial charge in [0.2, 0.25) is 0 Å². The van der Waals surface area contributed by atoms with Gasteiger partial charge in [0.05, 0.1) is 22.6 Å². The number of rotatable bonds is 3. The molecule has 0 saturated carbocycles. The van der Waals surface area contributed by atoms with E-state index in [0.717, 1.165) is 10.4 Å². The fourth-order valence-corrected chi connectivity index (χ4v) is 2.86. The second-order valence-corrected chi connectivity index (χ2v) is 5.36. The van der Waals surface area contributed by atoms with Crippen LogP contribution in [0.3, 0.4) is 0 Å². The first-order valence-electron chi connectivity index (χ1n) is 5.98. The van der Waals surface area contributed by atoms with Gasteiger partial charge in [-0.25, -0.2) is 0 Å². The molecule has 3 N–H and O–H groups in total. The Morgan fingerprint density at radius 3 is 3.10 bits per heavy atom. The molecule has 0 atom stereocenters. The van der Waals surface area contributed by atoms with Crippen LogP contribution in [0.4, 0.5) is 5.69 Å². The minimum Gasteiger partial charge on any atom is -0.396 e. The van der Waals surface area contributed by atoms with Crippen molar-refractivity contribution in [2.75, 3.05) is 5.73 Å². The summed E-state index contributed by atoms with van der Waals surface area (Å²) in [6, 6.07) is 5.48. The summed E-state index contributed by atoms with van der Waals surface area (Å²) in [5.74, 6) is 0.369. The molecule has 3 rings (SSSR count). The first-order chi connectivity index (χ1) is 9.65. The number of fused-ring (bicyclic) bond motifs is 1. The molecule has 0 bridgehead atoms. The Morgan fingerprint density at radius 1 is 1.55 bits per heavy atom. The summed E-state index contributed by atoms with van der Waals surface area (Å²) in [7, 11) is 0. The SMILES string of the molecule is Cc1cc(CNC(=O)c2sc3cccnc3c2N)on1. The Balaban J connectivity index is 1.80. The van der Waals surface area contributed by atoms with E-state index in [1.807, 2.05) is 19.1 Å². The number of carbonyl (C=O) groups excluding carboxylic acids is 1. The average Bonchev–Trinajstić information content (AvgIpc) is 3.01. The molecule has 3 heterocycles. The number of nitrogens with zero attached hydrogens (tertiary/aromatic N) is 2. The number of hydrogen-bond donors (Lipinski definition) is 2. The lowest BCUT2D eigenvalue weighted by Crippen LogP contribution is -2.22. The van der Waals surface area contributed by atoms with Gasteiger partial charge in [0.25, 0.3) is 5.91 Å². The Kier molecular flexibility index (Phi) is 3.11. The molecule has 20 heavy (non-hydrogen) atoms. The highest BCUT2D eigenvalue weighted by Gasteiger charge is 2.17. The maximum absolute atomic E-state index is 12.1. The van der Waals surface area contributed by atoms with Gasteiger partial charge in [-0.1, -0.05) is 5.16 Å². The number of nitrogens with one attached hydrogen (secondary N) is 1. The number of anilines is 1. The summed E-state index contributed by atoms with van der Waals surface area (Å²) in [4.78, 5) is 16.8. The largest absolute Gasteiger partial charge is 0.396 e. The first-order valence-corrected chi connectivity index (χ1v) is 6.80. The maximum Gasteiger partial charge on any atom is 0.263 e. The van der Waals surface area contributed by atoms with Crippen molar-refractivity contribution in [2.24, 2.45) is 0 Å². The molecule has 6 nitrogen and oxygen atoms in total. The lowest BCUT2D eigenvalue weighted by Gasteiger charge is -2.01. The Bertz CT molecular complexity index is 778. The number of carbonyl (C=O) groups is 1. The van der Waals surface area contributed by atoms with Gasteiger partial charge < -0.3 is 15.6 Å². The fraction of sp³-hybridized carbons (Fsp3) is 0.154. The molecule has 0 saturated heterocycles. The van der Waals surface area contributed by atoms with E-state index in [0.29, 0.717) is 21.8 Å². The van der Waals surface area contributed by atoms with E-state index >= 15 is 0 Å². The van der Waals surface area contributed by atoms with Gasteiger partial charge in [0.15, 0.2) is 5.76 Å². The lowest BCUT2D eigenvalue weighted by atomic mass is 10.3. The number of aryl methyl sites for hydroxylation is 1. The lowest BCUT2D eigenvalue weighted by molar-refractivity contribution is 0.0952. The molecule has 3 aromatic heterocycles. The number of aromatic nitrogens is 2. The zero-order chi connectivity index (χ0) is 14.1. The van der Waals surface area contributed by atoms with Crippen molar-refractivity contribution in [2.45, 2.75) is 13.5 Å². The molecule has 0 fully saturated rings. The van der Waals surface area contributed by atoms with E-state index in [1.54, 1.807) is 12.3 Å². The number of amides is 1. The van der Waals surface area contributed by atoms with Crippen molar-refractivity contribution in [3.63, 3.8) is 0 Å². The third kappa shape index (κ3) is 2.23. The zero-order valence-electron chi connectivity index (χ0n) is 10.7. The fourth-order valence-electron chi connectivity index (χ4n) is 1.86. The van der Waals surface area contributed by atoms with Gasteiger partial charge in [-0.3, -0.25) is 9.78 Å². The predicted octanol–water partition coefficient (Wildman–Crippen LogP) is 2.10. The maximum atomic E-state index is 12.1. The summed E-state index contributed by atoms with van der Waals surface area (Å²) in [6.07, 6.45) is 1.66. The van der Waals surface area contributed by atoms with E-state index in [-0.39, 0.29) is 12.5 Å². The van der Waals surface area contributed by atoms with Gasteiger partial charge in [-0.2, -0.15) is 0 Å². The second-order valence-electron chi connectivity index (χ2n) is 4.31. The van der Waals surface area contributed by atoms with E-state index in [1.165, 1.54) is 11.3 Å². The predicted molar refractivity (Wildman–Crippen MR) is 76.4 cm³/mol. The smallest absolute Gasteiger partial charge is 0.263 e. The molecular formula is C13H12N4O2S. The molecule has 1 amide bonds. The number of thiophene rings is 1. The van der Waals surface area contributed by atoms with Crippen molar-refractivity contribution >= 4 is 33.1 Å². The third-order valence-electron chi connectivity index (χ3n) is 2.79. The number of nitrogen functional groups attached to an aromatic ring is 1. The quantitative estimate of drug-likeness (QED) is 0.769. The zero-order valence-corrected chi connectivity index (χ0v) is 11.5. The van der Waals surface area contributed by atoms with Crippen LogP contribution in [0.1, 0.15) is 21.1 Å². The second kappa shape index (κ2) is 4.93. The molecule has 7 heteroatoms. The number of pyridine rings is 1. The highest BCUT2D eigenvalue weighted by atomic mass is 32.1. The molecule has 0 unspecified atom stereocenters. The van der Waals surface area contributed by atoms with Gasteiger partial charge in [0, 0.05) is 12.3 Å². The molecule has 0 aliphatic carbocycles. The highest BCUT2D eigenvalue weighted by Crippen LogP contribution is 2.31. The van der Waals surface area contributed by atoms with Crippen LogP contribution in [-0.4, -0.2) is 16.0 Å². The molecule has 0 radical (unpaired) electrons. The van der Waals surface area contributed by atoms with Gasteiger partial charge >= 0.3 is 0 Å². The van der Waals surface area contributed by atoms with Crippen molar-refractivity contribution < 1.29 is 9.32 Å². The first kappa shape index (κ1) is 12.6. The van der Waals surface area contributed by atoms with Crippen LogP contribution in [0.15, 0.2) is 28.9 Å². The summed E-state index contributed by atoms with van der Waals surface area (Å²) in [5, 5.41) is 6.52. The number of nitrogens with two attached hydrogens (primary N) is 1.